The number of imide groups is 1. The number of nitrogens with zero attached hydrogens (tertiary/aromatic N) is 2. The highest BCUT2D eigenvalue weighted by Gasteiger charge is 2.37. The van der Waals surface area contributed by atoms with Crippen LogP contribution in [-0.2, 0) is 9.59 Å². The number of carbonyl (C=O) groups excluding carboxylic acids is 2. The third kappa shape index (κ3) is 3.51. The number of carbonyl (C=O) groups is 2. The second-order valence-electron chi connectivity index (χ2n) is 6.62. The molecule has 0 saturated carbocycles. The van der Waals surface area contributed by atoms with Crippen molar-refractivity contribution in [3.8, 4) is 17.4 Å². The maximum absolute atomic E-state index is 13.0. The standard InChI is InChI=1S/C22H19ClN2O3/c1-4-13(2)25-21(26)18(14(3)19(12-24)22(25)27)11-17-8-9-20(28-17)15-6-5-7-16(23)10-15/h5-11,13H,4H2,1-3H3/b18-11+. The second-order valence-corrected chi connectivity index (χ2v) is 7.06. The van der Waals surface area contributed by atoms with Gasteiger partial charge in [0.2, 0.25) is 0 Å². The van der Waals surface area contributed by atoms with Gasteiger partial charge < -0.3 is 4.42 Å². The topological polar surface area (TPSA) is 74.3 Å². The van der Waals surface area contributed by atoms with Gasteiger partial charge in [0.05, 0.1) is 0 Å². The van der Waals surface area contributed by atoms with E-state index in [2.05, 4.69) is 0 Å². The molecule has 0 bridgehead atoms. The van der Waals surface area contributed by atoms with Crippen molar-refractivity contribution in [2.45, 2.75) is 33.2 Å². The summed E-state index contributed by atoms with van der Waals surface area (Å²) < 4.78 is 5.85. The van der Waals surface area contributed by atoms with Crippen molar-refractivity contribution in [2.24, 2.45) is 0 Å². The largest absolute Gasteiger partial charge is 0.457 e. The van der Waals surface area contributed by atoms with Crippen LogP contribution in [0.1, 0.15) is 33.0 Å². The average molecular weight is 395 g/mol. The molecule has 2 aromatic rings. The number of rotatable bonds is 4. The first-order valence-corrected chi connectivity index (χ1v) is 9.31. The molecule has 0 saturated heterocycles. The molecule has 142 valence electrons. The quantitative estimate of drug-likeness (QED) is 0.540. The first-order valence-electron chi connectivity index (χ1n) is 8.94. The molecule has 0 spiro atoms. The molecule has 1 aromatic heterocycles. The molecule has 3 rings (SSSR count). The molecule has 1 aromatic carbocycles. The Bertz CT molecular complexity index is 1060. The fourth-order valence-electron chi connectivity index (χ4n) is 3.05. The number of amides is 2. The maximum Gasteiger partial charge on any atom is 0.271 e. The lowest BCUT2D eigenvalue weighted by atomic mass is 9.93. The normalized spacial score (nSPS) is 17.2. The van der Waals surface area contributed by atoms with E-state index in [-0.39, 0.29) is 17.2 Å². The summed E-state index contributed by atoms with van der Waals surface area (Å²) in [4.78, 5) is 26.7. The molecule has 1 aliphatic heterocycles. The first-order chi connectivity index (χ1) is 13.4. The number of halogens is 1. The van der Waals surface area contributed by atoms with Crippen LogP contribution in [0.5, 0.6) is 0 Å². The lowest BCUT2D eigenvalue weighted by Gasteiger charge is -2.31. The summed E-state index contributed by atoms with van der Waals surface area (Å²) in [5.74, 6) is 0.0927. The third-order valence-electron chi connectivity index (χ3n) is 4.83. The van der Waals surface area contributed by atoms with Gasteiger partial charge in [0, 0.05) is 22.2 Å². The molecule has 0 fully saturated rings. The Morgan fingerprint density at radius 1 is 1.25 bits per heavy atom. The fraction of sp³-hybridized carbons (Fsp3) is 0.227. The van der Waals surface area contributed by atoms with Crippen LogP contribution in [0.25, 0.3) is 17.4 Å². The highest BCUT2D eigenvalue weighted by Crippen LogP contribution is 2.31. The summed E-state index contributed by atoms with van der Waals surface area (Å²) in [6.07, 6.45) is 2.17. The molecule has 1 aliphatic rings. The van der Waals surface area contributed by atoms with Crippen molar-refractivity contribution < 1.29 is 14.0 Å². The Hall–Kier alpha value is -3.10. The number of benzene rings is 1. The van der Waals surface area contributed by atoms with E-state index in [0.29, 0.717) is 28.5 Å². The number of hydrogen-bond donors (Lipinski definition) is 0. The number of nitriles is 1. The molecule has 1 atom stereocenters. The van der Waals surface area contributed by atoms with Crippen molar-refractivity contribution in [3.63, 3.8) is 0 Å². The van der Waals surface area contributed by atoms with Gasteiger partial charge >= 0.3 is 0 Å². The molecule has 5 nitrogen and oxygen atoms in total. The highest BCUT2D eigenvalue weighted by atomic mass is 35.5. The van der Waals surface area contributed by atoms with Gasteiger partial charge in [-0.2, -0.15) is 5.26 Å². The molecule has 28 heavy (non-hydrogen) atoms. The molecule has 2 heterocycles. The fourth-order valence-corrected chi connectivity index (χ4v) is 3.24. The minimum Gasteiger partial charge on any atom is -0.457 e. The van der Waals surface area contributed by atoms with E-state index in [0.717, 1.165) is 10.5 Å². The molecule has 1 unspecified atom stereocenters. The van der Waals surface area contributed by atoms with Gasteiger partial charge in [-0.25, -0.2) is 0 Å². The predicted molar refractivity (Wildman–Crippen MR) is 107 cm³/mol. The summed E-state index contributed by atoms with van der Waals surface area (Å²) >= 11 is 6.03. The van der Waals surface area contributed by atoms with Crippen molar-refractivity contribution in [3.05, 3.63) is 63.9 Å². The summed E-state index contributed by atoms with van der Waals surface area (Å²) in [7, 11) is 0. The van der Waals surface area contributed by atoms with E-state index in [1.54, 1.807) is 44.2 Å². The third-order valence-corrected chi connectivity index (χ3v) is 5.06. The Kier molecular flexibility index (Phi) is 5.53. The Balaban J connectivity index is 2.05. The van der Waals surface area contributed by atoms with Crippen LogP contribution in [0.4, 0.5) is 0 Å². The van der Waals surface area contributed by atoms with Crippen molar-refractivity contribution in [1.82, 2.24) is 4.90 Å². The van der Waals surface area contributed by atoms with Crippen molar-refractivity contribution in [1.29, 1.82) is 5.26 Å². The van der Waals surface area contributed by atoms with Crippen molar-refractivity contribution in [2.75, 3.05) is 0 Å². The summed E-state index contributed by atoms with van der Waals surface area (Å²) in [6.45, 7) is 5.28. The predicted octanol–water partition coefficient (Wildman–Crippen LogP) is 4.99. The monoisotopic (exact) mass is 394 g/mol. The highest BCUT2D eigenvalue weighted by molar-refractivity contribution is 6.30. The Labute approximate surface area is 168 Å². The molecular weight excluding hydrogens is 376 g/mol. The SMILES string of the molecule is CCC(C)N1C(=O)C(C#N)=C(C)/C(=C\c2ccc(-c3cccc(Cl)c3)o2)C1=O. The molecule has 0 N–H and O–H groups in total. The van der Waals surface area contributed by atoms with Crippen LogP contribution in [-0.4, -0.2) is 22.8 Å². The lowest BCUT2D eigenvalue weighted by molar-refractivity contribution is -0.142. The van der Waals surface area contributed by atoms with Crippen LogP contribution in [0.2, 0.25) is 5.02 Å². The summed E-state index contributed by atoms with van der Waals surface area (Å²) in [5, 5.41) is 10.0. The van der Waals surface area contributed by atoms with E-state index >= 15 is 0 Å². The maximum atomic E-state index is 13.0. The molecular formula is C22H19ClN2O3. The zero-order valence-electron chi connectivity index (χ0n) is 15.8. The number of furan rings is 1. The Morgan fingerprint density at radius 2 is 2.00 bits per heavy atom. The van der Waals surface area contributed by atoms with E-state index < -0.39 is 11.8 Å². The van der Waals surface area contributed by atoms with Gasteiger partial charge in [-0.05, 0) is 56.2 Å². The van der Waals surface area contributed by atoms with Crippen LogP contribution >= 0.6 is 11.6 Å². The lowest BCUT2D eigenvalue weighted by Crippen LogP contribution is -2.47. The summed E-state index contributed by atoms with van der Waals surface area (Å²) in [6, 6.07) is 12.4. The minimum absolute atomic E-state index is 0.0206. The first kappa shape index (κ1) is 19.7. The van der Waals surface area contributed by atoms with Gasteiger partial charge in [0.25, 0.3) is 11.8 Å². The molecule has 6 heteroatoms. The van der Waals surface area contributed by atoms with Crippen LogP contribution in [0.15, 0.2) is 57.5 Å². The van der Waals surface area contributed by atoms with Crippen molar-refractivity contribution >= 4 is 29.5 Å². The average Bonchev–Trinajstić information content (AvgIpc) is 3.14. The van der Waals surface area contributed by atoms with Gasteiger partial charge in [0.15, 0.2) is 0 Å². The van der Waals surface area contributed by atoms with Crippen LogP contribution in [0, 0.1) is 11.3 Å². The van der Waals surface area contributed by atoms with Gasteiger partial charge in [0.1, 0.15) is 23.2 Å². The van der Waals surface area contributed by atoms with Gasteiger partial charge in [-0.15, -0.1) is 0 Å². The zero-order chi connectivity index (χ0) is 20.4. The zero-order valence-corrected chi connectivity index (χ0v) is 16.6. The minimum atomic E-state index is -0.546. The molecule has 0 radical (unpaired) electrons. The van der Waals surface area contributed by atoms with E-state index in [1.165, 1.54) is 0 Å². The van der Waals surface area contributed by atoms with Gasteiger partial charge in [-0.3, -0.25) is 14.5 Å². The Morgan fingerprint density at radius 3 is 2.64 bits per heavy atom. The van der Waals surface area contributed by atoms with E-state index in [4.69, 9.17) is 16.0 Å². The summed E-state index contributed by atoms with van der Waals surface area (Å²) in [5.41, 5.74) is 1.43. The molecule has 0 aliphatic carbocycles. The van der Waals surface area contributed by atoms with E-state index in [1.807, 2.05) is 25.1 Å². The smallest absolute Gasteiger partial charge is 0.271 e. The van der Waals surface area contributed by atoms with Gasteiger partial charge in [-0.1, -0.05) is 30.7 Å². The second kappa shape index (κ2) is 7.87. The van der Waals surface area contributed by atoms with E-state index in [9.17, 15) is 14.9 Å². The molecule has 2 amide bonds. The number of hydrogen-bond acceptors (Lipinski definition) is 4. The van der Waals surface area contributed by atoms with Crippen LogP contribution < -0.4 is 0 Å². The van der Waals surface area contributed by atoms with Crippen LogP contribution in [0.3, 0.4) is 0 Å².